The third-order valence-corrected chi connectivity index (χ3v) is 10.9. The Kier molecular flexibility index (Phi) is 7.38. The molecule has 0 saturated heterocycles. The van der Waals surface area contributed by atoms with Crippen molar-refractivity contribution < 1.29 is 23.1 Å². The van der Waals surface area contributed by atoms with Crippen molar-refractivity contribution in [1.82, 2.24) is 4.72 Å². The van der Waals surface area contributed by atoms with Gasteiger partial charge in [0, 0.05) is 29.1 Å². The number of sulfonamides is 1. The lowest BCUT2D eigenvalue weighted by Gasteiger charge is -2.45. The first kappa shape index (κ1) is 27.6. The minimum Gasteiger partial charge on any atom is -0.490 e. The molecule has 2 aromatic carbocycles. The highest BCUT2D eigenvalue weighted by Crippen LogP contribution is 2.46. The quantitative estimate of drug-likeness (QED) is 0.430. The van der Waals surface area contributed by atoms with E-state index in [4.69, 9.17) is 16.3 Å². The van der Waals surface area contributed by atoms with Crippen LogP contribution in [-0.4, -0.2) is 51.0 Å². The highest BCUT2D eigenvalue weighted by molar-refractivity contribution is 7.90. The van der Waals surface area contributed by atoms with Gasteiger partial charge in [-0.3, -0.25) is 4.79 Å². The molecule has 7 nitrogen and oxygen atoms in total. The number of aryl methyl sites for hydroxylation is 1. The van der Waals surface area contributed by atoms with Gasteiger partial charge >= 0.3 is 0 Å². The van der Waals surface area contributed by atoms with E-state index in [0.29, 0.717) is 25.3 Å². The van der Waals surface area contributed by atoms with Crippen LogP contribution in [0.1, 0.15) is 60.5 Å². The Morgan fingerprint density at radius 2 is 1.98 bits per heavy atom. The second-order valence-corrected chi connectivity index (χ2v) is 14.5. The Morgan fingerprint density at radius 1 is 1.12 bits per heavy atom. The number of carbonyl (C=O) groups is 1. The van der Waals surface area contributed by atoms with E-state index >= 15 is 0 Å². The molecule has 9 heteroatoms. The van der Waals surface area contributed by atoms with E-state index in [1.807, 2.05) is 25.1 Å². The number of hydrogen-bond acceptors (Lipinski definition) is 6. The summed E-state index contributed by atoms with van der Waals surface area (Å²) in [4.78, 5) is 15.4. The number of halogens is 1. The van der Waals surface area contributed by atoms with Gasteiger partial charge in [0.2, 0.25) is 10.0 Å². The minimum atomic E-state index is -3.82. The lowest BCUT2D eigenvalue weighted by molar-refractivity contribution is 0.0454. The summed E-state index contributed by atoms with van der Waals surface area (Å²) in [7, 11) is -3.82. The van der Waals surface area contributed by atoms with Crippen LogP contribution in [0.15, 0.2) is 48.6 Å². The van der Waals surface area contributed by atoms with Crippen molar-refractivity contribution in [2.75, 3.05) is 30.3 Å². The van der Waals surface area contributed by atoms with E-state index in [1.54, 1.807) is 18.2 Å². The van der Waals surface area contributed by atoms with E-state index in [1.165, 1.54) is 11.1 Å². The zero-order valence-corrected chi connectivity index (χ0v) is 24.4. The Hall–Kier alpha value is -2.55. The molecule has 1 amide bonds. The van der Waals surface area contributed by atoms with Gasteiger partial charge in [0.25, 0.3) is 5.91 Å². The SMILES string of the molecule is C[C@H]1/C=C\[C@H](O)[C@@H]2CC[C@H]2CN2C[C@@]3(CCCc4cc(Cl)ccc43)COc3ccc(cc32)C(=O)NS(=O)(=O)CC1. The van der Waals surface area contributed by atoms with Crippen molar-refractivity contribution in [1.29, 1.82) is 0 Å². The van der Waals surface area contributed by atoms with Crippen LogP contribution >= 0.6 is 11.6 Å². The number of fused-ring (bicyclic) bond motifs is 4. The number of carbonyl (C=O) groups excluding carboxylic acids is 1. The molecular formula is C31H37ClN2O5S. The third kappa shape index (κ3) is 5.38. The summed E-state index contributed by atoms with van der Waals surface area (Å²) in [5, 5.41) is 11.8. The van der Waals surface area contributed by atoms with E-state index in [2.05, 4.69) is 21.8 Å². The Morgan fingerprint density at radius 3 is 2.77 bits per heavy atom. The summed E-state index contributed by atoms with van der Waals surface area (Å²) in [6.07, 6.45) is 8.47. The van der Waals surface area contributed by atoms with Crippen LogP contribution in [0.3, 0.4) is 0 Å². The first-order valence-electron chi connectivity index (χ1n) is 14.3. The first-order valence-corrected chi connectivity index (χ1v) is 16.4. The number of allylic oxidation sites excluding steroid dienone is 1. The topological polar surface area (TPSA) is 95.9 Å². The molecule has 2 aromatic rings. The summed E-state index contributed by atoms with van der Waals surface area (Å²) in [6.45, 7) is 3.85. The van der Waals surface area contributed by atoms with E-state index < -0.39 is 22.0 Å². The van der Waals surface area contributed by atoms with Crippen molar-refractivity contribution in [3.8, 4) is 5.75 Å². The van der Waals surface area contributed by atoms with Crippen molar-refractivity contribution in [3.05, 3.63) is 70.3 Å². The monoisotopic (exact) mass is 584 g/mol. The Labute approximate surface area is 241 Å². The van der Waals surface area contributed by atoms with Gasteiger partial charge in [-0.2, -0.15) is 0 Å². The predicted octanol–water partition coefficient (Wildman–Crippen LogP) is 4.86. The maximum absolute atomic E-state index is 13.1. The second-order valence-electron chi connectivity index (χ2n) is 12.2. The van der Waals surface area contributed by atoms with Gasteiger partial charge in [-0.05, 0) is 97.7 Å². The Balaban J connectivity index is 1.42. The fourth-order valence-electron chi connectivity index (χ4n) is 6.94. The van der Waals surface area contributed by atoms with Gasteiger partial charge in [0.1, 0.15) is 5.75 Å². The number of aliphatic hydroxyl groups is 1. The van der Waals surface area contributed by atoms with E-state index in [9.17, 15) is 18.3 Å². The number of nitrogens with zero attached hydrogens (tertiary/aromatic N) is 1. The second kappa shape index (κ2) is 10.7. The number of aliphatic hydroxyl groups excluding tert-OH is 1. The summed E-state index contributed by atoms with van der Waals surface area (Å²) in [5.74, 6) is 0.263. The third-order valence-electron chi connectivity index (χ3n) is 9.40. The Bertz CT molecular complexity index is 1440. The van der Waals surface area contributed by atoms with Gasteiger partial charge in [-0.15, -0.1) is 0 Å². The molecule has 2 aliphatic carbocycles. The van der Waals surface area contributed by atoms with Gasteiger partial charge in [0.05, 0.1) is 24.2 Å². The van der Waals surface area contributed by atoms with Crippen LogP contribution in [0, 0.1) is 17.8 Å². The molecule has 4 aliphatic rings. The summed E-state index contributed by atoms with van der Waals surface area (Å²) < 4.78 is 34.2. The van der Waals surface area contributed by atoms with Crippen LogP contribution in [0.5, 0.6) is 5.75 Å². The van der Waals surface area contributed by atoms with Gasteiger partial charge in [-0.1, -0.05) is 36.7 Å². The molecule has 40 heavy (non-hydrogen) atoms. The van der Waals surface area contributed by atoms with Crippen LogP contribution in [0.25, 0.3) is 0 Å². The zero-order valence-electron chi connectivity index (χ0n) is 22.8. The van der Waals surface area contributed by atoms with Gasteiger partial charge in [-0.25, -0.2) is 13.1 Å². The molecule has 6 rings (SSSR count). The molecule has 2 N–H and O–H groups in total. The summed E-state index contributed by atoms with van der Waals surface area (Å²) in [6, 6.07) is 11.4. The van der Waals surface area contributed by atoms with Crippen LogP contribution in [0.2, 0.25) is 5.02 Å². The molecule has 2 aliphatic heterocycles. The van der Waals surface area contributed by atoms with E-state index in [-0.39, 0.29) is 34.5 Å². The molecule has 0 unspecified atom stereocenters. The van der Waals surface area contributed by atoms with E-state index in [0.717, 1.165) is 49.4 Å². The highest BCUT2D eigenvalue weighted by Gasteiger charge is 2.44. The highest BCUT2D eigenvalue weighted by atomic mass is 35.5. The molecule has 0 radical (unpaired) electrons. The number of benzene rings is 2. The molecule has 1 fully saturated rings. The number of ether oxygens (including phenoxy) is 1. The maximum Gasteiger partial charge on any atom is 0.264 e. The molecule has 1 spiro atoms. The molecule has 2 heterocycles. The number of hydrogen-bond donors (Lipinski definition) is 2. The number of anilines is 1. The van der Waals surface area contributed by atoms with Crippen LogP contribution < -0.4 is 14.4 Å². The fraction of sp³-hybridized carbons (Fsp3) is 0.516. The van der Waals surface area contributed by atoms with Crippen molar-refractivity contribution in [3.63, 3.8) is 0 Å². The standard InChI is InChI=1S/C31H37ClN2O5S/c1-20-4-10-28(35)25-8-5-23(25)17-34-18-31(13-2-3-21-15-24(32)7-9-26(21)31)19-39-29-11-6-22(16-27(29)34)30(36)33-40(37,38)14-12-20/h4,6-7,9-11,15-16,20,23,25,28,35H,2-3,5,8,12-14,17-19H2,1H3,(H,33,36)/b10-4-/t20-,23-,25+,28-,31-/m0/s1. The lowest BCUT2D eigenvalue weighted by Crippen LogP contribution is -2.49. The van der Waals surface area contributed by atoms with Gasteiger partial charge in [0.15, 0.2) is 0 Å². The number of rotatable bonds is 0. The average molecular weight is 585 g/mol. The van der Waals surface area contributed by atoms with Crippen molar-refractivity contribution in [2.45, 2.75) is 57.0 Å². The summed E-state index contributed by atoms with van der Waals surface area (Å²) >= 11 is 6.37. The normalized spacial score (nSPS) is 32.5. The van der Waals surface area contributed by atoms with Crippen molar-refractivity contribution in [2.24, 2.45) is 17.8 Å². The lowest BCUT2D eigenvalue weighted by atomic mass is 9.68. The average Bonchev–Trinajstić information content (AvgIpc) is 3.05. The smallest absolute Gasteiger partial charge is 0.264 e. The number of nitrogens with one attached hydrogen (secondary N) is 1. The number of amides is 1. The molecule has 2 bridgehead atoms. The predicted molar refractivity (Wildman–Crippen MR) is 157 cm³/mol. The zero-order chi connectivity index (χ0) is 28.1. The summed E-state index contributed by atoms with van der Waals surface area (Å²) in [5.41, 5.74) is 3.34. The molecule has 214 valence electrons. The molecule has 1 saturated carbocycles. The minimum absolute atomic E-state index is 0.0406. The fourth-order valence-corrected chi connectivity index (χ4v) is 8.32. The molecule has 5 atom stereocenters. The van der Waals surface area contributed by atoms with Crippen molar-refractivity contribution >= 4 is 33.2 Å². The van der Waals surface area contributed by atoms with Crippen LogP contribution in [-0.2, 0) is 21.9 Å². The van der Waals surface area contributed by atoms with Gasteiger partial charge < -0.3 is 14.7 Å². The molecular weight excluding hydrogens is 548 g/mol. The maximum atomic E-state index is 13.1. The first-order chi connectivity index (χ1) is 19.1. The van der Waals surface area contributed by atoms with Crippen LogP contribution in [0.4, 0.5) is 5.69 Å². The molecule has 0 aromatic heterocycles. The largest absolute Gasteiger partial charge is 0.490 e.